The standard InChI is InChI=1S/C18H25BN2O4/c1-3-25-18(22)15(10-12-6-8-24-9-7-12)21-14-4-5-16(23-2)17(19)13(14)11-20-21/h4-5,11-12,15H,3,6-10,19H2,1-2H3. The first kappa shape index (κ1) is 17.8. The monoisotopic (exact) mass is 344 g/mol. The molecule has 0 saturated carbocycles. The fourth-order valence-corrected chi connectivity index (χ4v) is 3.54. The minimum absolute atomic E-state index is 0.215. The van der Waals surface area contributed by atoms with Crippen LogP contribution in [-0.2, 0) is 14.3 Å². The topological polar surface area (TPSA) is 62.6 Å². The molecular formula is C18H25BN2O4. The molecule has 1 saturated heterocycles. The molecule has 0 aliphatic carbocycles. The summed E-state index contributed by atoms with van der Waals surface area (Å²) in [5.74, 6) is 1.05. The van der Waals surface area contributed by atoms with Crippen molar-refractivity contribution in [1.82, 2.24) is 9.78 Å². The number of nitrogens with zero attached hydrogens (tertiary/aromatic N) is 2. The molecule has 1 aromatic carbocycles. The zero-order valence-corrected chi connectivity index (χ0v) is 15.2. The van der Waals surface area contributed by atoms with Gasteiger partial charge in [-0.3, -0.25) is 4.68 Å². The van der Waals surface area contributed by atoms with Gasteiger partial charge in [-0.05, 0) is 49.7 Å². The lowest BCUT2D eigenvalue weighted by Crippen LogP contribution is -2.27. The van der Waals surface area contributed by atoms with Crippen molar-refractivity contribution in [1.29, 1.82) is 0 Å². The van der Waals surface area contributed by atoms with Crippen molar-refractivity contribution in [3.63, 3.8) is 0 Å². The molecule has 0 amide bonds. The molecule has 1 aromatic heterocycles. The van der Waals surface area contributed by atoms with E-state index in [0.717, 1.165) is 54.6 Å². The van der Waals surface area contributed by atoms with Crippen molar-refractivity contribution >= 4 is 30.2 Å². The lowest BCUT2D eigenvalue weighted by Gasteiger charge is -2.26. The highest BCUT2D eigenvalue weighted by molar-refractivity contribution is 6.40. The number of methoxy groups -OCH3 is 1. The van der Waals surface area contributed by atoms with Gasteiger partial charge in [-0.15, -0.1) is 0 Å². The molecule has 1 unspecified atom stereocenters. The molecule has 25 heavy (non-hydrogen) atoms. The van der Waals surface area contributed by atoms with E-state index < -0.39 is 6.04 Å². The van der Waals surface area contributed by atoms with Gasteiger partial charge in [0.15, 0.2) is 0 Å². The van der Waals surface area contributed by atoms with E-state index in [1.54, 1.807) is 7.11 Å². The van der Waals surface area contributed by atoms with Crippen molar-refractivity contribution in [3.05, 3.63) is 18.3 Å². The highest BCUT2D eigenvalue weighted by atomic mass is 16.5. The minimum atomic E-state index is -0.409. The molecule has 0 bridgehead atoms. The predicted molar refractivity (Wildman–Crippen MR) is 98.3 cm³/mol. The molecule has 2 aromatic rings. The second kappa shape index (κ2) is 7.91. The fourth-order valence-electron chi connectivity index (χ4n) is 3.54. The van der Waals surface area contributed by atoms with Crippen molar-refractivity contribution in [3.8, 4) is 5.75 Å². The number of aromatic nitrogens is 2. The van der Waals surface area contributed by atoms with Crippen molar-refractivity contribution in [2.75, 3.05) is 26.9 Å². The van der Waals surface area contributed by atoms with Gasteiger partial charge in [-0.2, -0.15) is 5.10 Å². The van der Waals surface area contributed by atoms with Crippen LogP contribution >= 0.6 is 0 Å². The number of hydrogen-bond acceptors (Lipinski definition) is 5. The molecule has 1 aliphatic heterocycles. The Morgan fingerprint density at radius 1 is 1.44 bits per heavy atom. The summed E-state index contributed by atoms with van der Waals surface area (Å²) in [5.41, 5.74) is 1.96. The quantitative estimate of drug-likeness (QED) is 0.583. The Morgan fingerprint density at radius 3 is 2.88 bits per heavy atom. The van der Waals surface area contributed by atoms with Gasteiger partial charge in [0.05, 0.1) is 25.4 Å². The molecule has 1 atom stereocenters. The van der Waals surface area contributed by atoms with Gasteiger partial charge in [0.2, 0.25) is 0 Å². The van der Waals surface area contributed by atoms with Gasteiger partial charge in [-0.25, -0.2) is 4.79 Å². The van der Waals surface area contributed by atoms with E-state index in [1.807, 2.05) is 37.8 Å². The van der Waals surface area contributed by atoms with E-state index in [4.69, 9.17) is 14.2 Å². The second-order valence-electron chi connectivity index (χ2n) is 6.47. The first-order valence-corrected chi connectivity index (χ1v) is 8.90. The molecule has 3 rings (SSSR count). The van der Waals surface area contributed by atoms with Crippen LogP contribution in [0.25, 0.3) is 10.9 Å². The molecule has 7 heteroatoms. The maximum absolute atomic E-state index is 12.6. The molecule has 0 radical (unpaired) electrons. The Bertz CT molecular complexity index is 740. The Hall–Kier alpha value is -2.02. The van der Waals surface area contributed by atoms with E-state index in [9.17, 15) is 4.79 Å². The molecule has 0 N–H and O–H groups in total. The summed E-state index contributed by atoms with van der Waals surface area (Å²) in [6.45, 7) is 3.72. The smallest absolute Gasteiger partial charge is 0.330 e. The maximum atomic E-state index is 12.6. The summed E-state index contributed by atoms with van der Waals surface area (Å²) in [5, 5.41) is 5.53. The first-order valence-electron chi connectivity index (χ1n) is 8.90. The number of fused-ring (bicyclic) bond motifs is 1. The number of benzene rings is 1. The van der Waals surface area contributed by atoms with Crippen LogP contribution in [0.2, 0.25) is 0 Å². The summed E-state index contributed by atoms with van der Waals surface area (Å²) in [4.78, 5) is 12.6. The maximum Gasteiger partial charge on any atom is 0.330 e. The third-order valence-electron chi connectivity index (χ3n) is 4.97. The number of ether oxygens (including phenoxy) is 3. The molecule has 1 aliphatic rings. The predicted octanol–water partition coefficient (Wildman–Crippen LogP) is 1.22. The number of carbonyl (C=O) groups is 1. The van der Waals surface area contributed by atoms with Crippen LogP contribution < -0.4 is 10.2 Å². The van der Waals surface area contributed by atoms with Crippen molar-refractivity contribution in [2.45, 2.75) is 32.2 Å². The van der Waals surface area contributed by atoms with E-state index in [1.165, 1.54) is 0 Å². The Balaban J connectivity index is 1.95. The van der Waals surface area contributed by atoms with Crippen LogP contribution in [0, 0.1) is 5.92 Å². The Morgan fingerprint density at radius 2 is 2.20 bits per heavy atom. The second-order valence-corrected chi connectivity index (χ2v) is 6.47. The van der Waals surface area contributed by atoms with Gasteiger partial charge in [0.25, 0.3) is 0 Å². The minimum Gasteiger partial charge on any atom is -0.497 e. The summed E-state index contributed by atoms with van der Waals surface area (Å²) in [6, 6.07) is 3.48. The van der Waals surface area contributed by atoms with E-state index >= 15 is 0 Å². The molecular weight excluding hydrogens is 319 g/mol. The van der Waals surface area contributed by atoms with Crippen molar-refractivity contribution < 1.29 is 19.0 Å². The molecule has 134 valence electrons. The molecule has 1 fully saturated rings. The fraction of sp³-hybridized carbons (Fsp3) is 0.556. The van der Waals surface area contributed by atoms with Gasteiger partial charge < -0.3 is 14.2 Å². The third-order valence-corrected chi connectivity index (χ3v) is 4.97. The van der Waals surface area contributed by atoms with Crippen LogP contribution in [0.4, 0.5) is 0 Å². The third kappa shape index (κ3) is 3.66. The van der Waals surface area contributed by atoms with E-state index in [2.05, 4.69) is 5.10 Å². The average molecular weight is 344 g/mol. The summed E-state index contributed by atoms with van der Waals surface area (Å²) >= 11 is 0. The van der Waals surface area contributed by atoms with Gasteiger partial charge >= 0.3 is 5.97 Å². The lowest BCUT2D eigenvalue weighted by atomic mass is 9.90. The summed E-state index contributed by atoms with van der Waals surface area (Å²) in [7, 11) is 3.66. The number of rotatable bonds is 6. The molecule has 0 spiro atoms. The Labute approximate surface area is 148 Å². The lowest BCUT2D eigenvalue weighted by molar-refractivity contribution is -0.148. The van der Waals surface area contributed by atoms with E-state index in [-0.39, 0.29) is 5.97 Å². The van der Waals surface area contributed by atoms with E-state index in [0.29, 0.717) is 12.5 Å². The number of esters is 1. The summed E-state index contributed by atoms with van der Waals surface area (Å²) in [6.07, 6.45) is 4.48. The molecule has 6 nitrogen and oxygen atoms in total. The van der Waals surface area contributed by atoms with Crippen LogP contribution in [0.1, 0.15) is 32.2 Å². The molecule has 2 heterocycles. The summed E-state index contributed by atoms with van der Waals surface area (Å²) < 4.78 is 18.0. The highest BCUT2D eigenvalue weighted by Gasteiger charge is 2.29. The Kier molecular flexibility index (Phi) is 5.63. The zero-order chi connectivity index (χ0) is 17.8. The van der Waals surface area contributed by atoms with Gasteiger partial charge in [-0.1, -0.05) is 0 Å². The van der Waals surface area contributed by atoms with Crippen LogP contribution in [0.15, 0.2) is 18.3 Å². The SMILES string of the molecule is Bc1c(OC)ccc2c1cnn2C(CC1CCOCC1)C(=O)OCC. The van der Waals surface area contributed by atoms with Crippen LogP contribution in [0.5, 0.6) is 5.75 Å². The van der Waals surface area contributed by atoms with Gasteiger partial charge in [0.1, 0.15) is 19.6 Å². The zero-order valence-electron chi connectivity index (χ0n) is 15.2. The number of carbonyl (C=O) groups excluding carboxylic acids is 1. The highest BCUT2D eigenvalue weighted by Crippen LogP contribution is 2.29. The van der Waals surface area contributed by atoms with Crippen LogP contribution in [0.3, 0.4) is 0 Å². The largest absolute Gasteiger partial charge is 0.497 e. The average Bonchev–Trinajstić information content (AvgIpc) is 3.06. The normalized spacial score (nSPS) is 16.7. The van der Waals surface area contributed by atoms with Crippen LogP contribution in [-0.4, -0.2) is 50.5 Å². The van der Waals surface area contributed by atoms with Crippen molar-refractivity contribution in [2.24, 2.45) is 5.92 Å². The van der Waals surface area contributed by atoms with Gasteiger partial charge in [0, 0.05) is 18.6 Å². The number of hydrogen-bond donors (Lipinski definition) is 0. The first-order chi connectivity index (χ1) is 12.2.